The van der Waals surface area contributed by atoms with Crippen molar-refractivity contribution in [2.24, 2.45) is 5.73 Å². The SMILES string of the molecule is CN1CCCc2nc(-c3ncc4c(C(N)=O)cccn34)nc(NCc3ccccc3)c2C1. The first kappa shape index (κ1) is 20.1. The van der Waals surface area contributed by atoms with Crippen LogP contribution < -0.4 is 11.1 Å². The van der Waals surface area contributed by atoms with Gasteiger partial charge in [0, 0.05) is 24.8 Å². The second-order valence-electron chi connectivity index (χ2n) is 8.12. The molecule has 4 aromatic rings. The summed E-state index contributed by atoms with van der Waals surface area (Å²) in [4.78, 5) is 28.5. The van der Waals surface area contributed by atoms with Crippen molar-refractivity contribution in [2.75, 3.05) is 18.9 Å². The lowest BCUT2D eigenvalue weighted by Crippen LogP contribution is -2.19. The first-order valence-electron chi connectivity index (χ1n) is 10.7. The summed E-state index contributed by atoms with van der Waals surface area (Å²) in [5.41, 5.74) is 9.96. The first-order valence-corrected chi connectivity index (χ1v) is 10.7. The van der Waals surface area contributed by atoms with E-state index < -0.39 is 5.91 Å². The molecule has 5 rings (SSSR count). The minimum Gasteiger partial charge on any atom is -0.366 e. The number of nitrogens with one attached hydrogen (secondary N) is 1. The van der Waals surface area contributed by atoms with E-state index >= 15 is 0 Å². The van der Waals surface area contributed by atoms with Gasteiger partial charge in [0.25, 0.3) is 5.91 Å². The molecule has 0 spiro atoms. The molecule has 0 atom stereocenters. The minimum absolute atomic E-state index is 0.421. The van der Waals surface area contributed by atoms with E-state index in [0.29, 0.717) is 29.3 Å². The Hall–Kier alpha value is -3.78. The summed E-state index contributed by atoms with van der Waals surface area (Å²) >= 11 is 0. The lowest BCUT2D eigenvalue weighted by molar-refractivity contribution is 0.100. The van der Waals surface area contributed by atoms with Crippen LogP contribution in [0.1, 0.15) is 33.6 Å². The molecule has 0 fully saturated rings. The number of nitrogens with two attached hydrogens (primary N) is 1. The maximum Gasteiger partial charge on any atom is 0.250 e. The standard InChI is InChI=1S/C24H25N7O/c1-30-11-6-10-19-18(15-30)22(26-13-16-7-3-2-4-8-16)29-23(28-19)24-27-14-20-17(21(25)32)9-5-12-31(20)24/h2-5,7-9,12,14H,6,10-11,13,15H2,1H3,(H2,25,32)(H,26,28,29). The van der Waals surface area contributed by atoms with Gasteiger partial charge in [0.15, 0.2) is 11.6 Å². The zero-order valence-corrected chi connectivity index (χ0v) is 18.0. The van der Waals surface area contributed by atoms with Crippen LogP contribution >= 0.6 is 0 Å². The van der Waals surface area contributed by atoms with Crippen molar-refractivity contribution in [1.29, 1.82) is 0 Å². The fourth-order valence-electron chi connectivity index (χ4n) is 4.19. The van der Waals surface area contributed by atoms with Crippen molar-refractivity contribution in [2.45, 2.75) is 25.9 Å². The number of anilines is 1. The fraction of sp³-hybridized carbons (Fsp3) is 0.250. The van der Waals surface area contributed by atoms with Crippen molar-refractivity contribution >= 4 is 17.2 Å². The molecule has 3 N–H and O–H groups in total. The number of imidazole rings is 1. The van der Waals surface area contributed by atoms with Crippen LogP contribution in [-0.4, -0.2) is 43.8 Å². The van der Waals surface area contributed by atoms with Gasteiger partial charge < -0.3 is 16.0 Å². The summed E-state index contributed by atoms with van der Waals surface area (Å²) < 4.78 is 1.83. The number of hydrogen-bond donors (Lipinski definition) is 2. The summed E-state index contributed by atoms with van der Waals surface area (Å²) in [7, 11) is 2.12. The number of fused-ring (bicyclic) bond motifs is 2. The fourth-order valence-corrected chi connectivity index (χ4v) is 4.19. The van der Waals surface area contributed by atoms with Gasteiger partial charge >= 0.3 is 0 Å². The van der Waals surface area contributed by atoms with E-state index in [1.807, 2.05) is 28.8 Å². The number of pyridine rings is 1. The number of nitrogens with zero attached hydrogens (tertiary/aromatic N) is 5. The Morgan fingerprint density at radius 3 is 2.81 bits per heavy atom. The van der Waals surface area contributed by atoms with Crippen LogP contribution in [0.5, 0.6) is 0 Å². The molecular weight excluding hydrogens is 402 g/mol. The predicted octanol–water partition coefficient (Wildman–Crippen LogP) is 2.88. The van der Waals surface area contributed by atoms with Gasteiger partial charge in [0.05, 0.1) is 23.0 Å². The second-order valence-corrected chi connectivity index (χ2v) is 8.12. The molecule has 1 aliphatic heterocycles. The quantitative estimate of drug-likeness (QED) is 0.508. The first-order chi connectivity index (χ1) is 15.6. The number of carbonyl (C=O) groups excluding carboxylic acids is 1. The summed E-state index contributed by atoms with van der Waals surface area (Å²) in [6.45, 7) is 2.47. The molecule has 0 bridgehead atoms. The Kier molecular flexibility index (Phi) is 5.28. The van der Waals surface area contributed by atoms with Gasteiger partial charge in [0.1, 0.15) is 5.82 Å². The van der Waals surface area contributed by atoms with Crippen LogP contribution in [0.2, 0.25) is 0 Å². The van der Waals surface area contributed by atoms with Gasteiger partial charge in [0.2, 0.25) is 0 Å². The summed E-state index contributed by atoms with van der Waals surface area (Å²) in [5, 5.41) is 3.53. The Morgan fingerprint density at radius 1 is 1.16 bits per heavy atom. The van der Waals surface area contributed by atoms with Gasteiger partial charge in [-0.1, -0.05) is 30.3 Å². The molecule has 1 aliphatic rings. The molecule has 1 amide bonds. The maximum absolute atomic E-state index is 11.8. The van der Waals surface area contributed by atoms with E-state index in [1.54, 1.807) is 18.3 Å². The summed E-state index contributed by atoms with van der Waals surface area (Å²) in [6, 6.07) is 13.7. The monoisotopic (exact) mass is 427 g/mol. The molecule has 0 unspecified atom stereocenters. The van der Waals surface area contributed by atoms with Crippen molar-refractivity contribution < 1.29 is 4.79 Å². The smallest absolute Gasteiger partial charge is 0.250 e. The van der Waals surface area contributed by atoms with E-state index in [9.17, 15) is 4.79 Å². The molecule has 0 radical (unpaired) electrons. The molecule has 4 heterocycles. The lowest BCUT2D eigenvalue weighted by Gasteiger charge is -2.18. The molecule has 1 aromatic carbocycles. The second kappa shape index (κ2) is 8.39. The van der Waals surface area contributed by atoms with Crippen molar-refractivity contribution in [3.63, 3.8) is 0 Å². The average Bonchev–Trinajstić information content (AvgIpc) is 3.14. The third-order valence-electron chi connectivity index (χ3n) is 5.81. The Labute approximate surface area is 186 Å². The van der Waals surface area contributed by atoms with Crippen LogP contribution in [0.25, 0.3) is 17.2 Å². The predicted molar refractivity (Wildman–Crippen MR) is 123 cm³/mol. The van der Waals surface area contributed by atoms with Gasteiger partial charge in [-0.15, -0.1) is 0 Å². The van der Waals surface area contributed by atoms with Gasteiger partial charge in [-0.05, 0) is 44.1 Å². The molecule has 8 heteroatoms. The molecule has 8 nitrogen and oxygen atoms in total. The lowest BCUT2D eigenvalue weighted by atomic mass is 10.1. The highest BCUT2D eigenvalue weighted by Crippen LogP contribution is 2.27. The molecule has 3 aromatic heterocycles. The number of carbonyl (C=O) groups is 1. The topological polar surface area (TPSA) is 101 Å². The highest BCUT2D eigenvalue weighted by molar-refractivity contribution is 5.99. The van der Waals surface area contributed by atoms with Gasteiger partial charge in [-0.25, -0.2) is 15.0 Å². The van der Waals surface area contributed by atoms with Crippen molar-refractivity contribution in [3.05, 3.63) is 77.2 Å². The summed E-state index contributed by atoms with van der Waals surface area (Å²) in [5.74, 6) is 1.46. The van der Waals surface area contributed by atoms with E-state index in [0.717, 1.165) is 43.0 Å². The van der Waals surface area contributed by atoms with Crippen molar-refractivity contribution in [3.8, 4) is 11.6 Å². The molecule has 32 heavy (non-hydrogen) atoms. The third kappa shape index (κ3) is 3.80. The van der Waals surface area contributed by atoms with E-state index in [-0.39, 0.29) is 0 Å². The van der Waals surface area contributed by atoms with Crippen LogP contribution in [0.3, 0.4) is 0 Å². The van der Waals surface area contributed by atoms with Crippen LogP contribution in [-0.2, 0) is 19.5 Å². The third-order valence-corrected chi connectivity index (χ3v) is 5.81. The Morgan fingerprint density at radius 2 is 2.00 bits per heavy atom. The Balaban J connectivity index is 1.60. The average molecular weight is 428 g/mol. The largest absolute Gasteiger partial charge is 0.366 e. The number of aromatic nitrogens is 4. The number of hydrogen-bond acceptors (Lipinski definition) is 6. The number of amides is 1. The number of rotatable bonds is 5. The van der Waals surface area contributed by atoms with Crippen LogP contribution in [0.15, 0.2) is 54.9 Å². The maximum atomic E-state index is 11.8. The van der Waals surface area contributed by atoms with E-state index in [4.69, 9.17) is 15.7 Å². The molecule has 0 saturated carbocycles. The molecule has 0 aliphatic carbocycles. The van der Waals surface area contributed by atoms with Crippen LogP contribution in [0, 0.1) is 0 Å². The normalized spacial score (nSPS) is 14.2. The Bertz CT molecular complexity index is 1280. The van der Waals surface area contributed by atoms with E-state index in [2.05, 4.69) is 34.4 Å². The number of aryl methyl sites for hydroxylation is 1. The molecule has 162 valence electrons. The summed E-state index contributed by atoms with van der Waals surface area (Å²) in [6.07, 6.45) is 5.41. The van der Waals surface area contributed by atoms with Crippen molar-refractivity contribution in [1.82, 2.24) is 24.3 Å². The minimum atomic E-state index is -0.488. The number of benzene rings is 1. The number of primary amides is 1. The van der Waals surface area contributed by atoms with E-state index in [1.165, 1.54) is 5.56 Å². The molecular formula is C24H25N7O. The van der Waals surface area contributed by atoms with Crippen LogP contribution in [0.4, 0.5) is 5.82 Å². The highest BCUT2D eigenvalue weighted by Gasteiger charge is 2.22. The zero-order valence-electron chi connectivity index (χ0n) is 18.0. The highest BCUT2D eigenvalue weighted by atomic mass is 16.1. The van der Waals surface area contributed by atoms with Gasteiger partial charge in [-0.2, -0.15) is 0 Å². The van der Waals surface area contributed by atoms with Gasteiger partial charge in [-0.3, -0.25) is 9.20 Å². The molecule has 0 saturated heterocycles. The zero-order chi connectivity index (χ0) is 22.1.